The third-order valence-electron chi connectivity index (χ3n) is 7.05. The van der Waals surface area contributed by atoms with Gasteiger partial charge in [0, 0.05) is 32.4 Å². The number of hydrogen-bond acceptors (Lipinski definition) is 5. The van der Waals surface area contributed by atoms with Gasteiger partial charge in [0.2, 0.25) is 0 Å². The van der Waals surface area contributed by atoms with E-state index < -0.39 is 18.1 Å². The molecule has 2 aromatic rings. The summed E-state index contributed by atoms with van der Waals surface area (Å²) in [7, 11) is 1.63. The summed E-state index contributed by atoms with van der Waals surface area (Å²) < 4.78 is 37.2. The Morgan fingerprint density at radius 1 is 1.29 bits per heavy atom. The quantitative estimate of drug-likeness (QED) is 0.541. The van der Waals surface area contributed by atoms with Gasteiger partial charge in [-0.3, -0.25) is 4.79 Å². The summed E-state index contributed by atoms with van der Waals surface area (Å²) in [6.45, 7) is 5.18. The number of ether oxygens (including phenoxy) is 2. The lowest BCUT2D eigenvalue weighted by Gasteiger charge is -2.40. The lowest BCUT2D eigenvalue weighted by molar-refractivity contribution is -0.0495. The average molecular weight is 491 g/mol. The van der Waals surface area contributed by atoms with Gasteiger partial charge in [-0.25, -0.2) is 4.79 Å². The molecule has 2 heterocycles. The van der Waals surface area contributed by atoms with Crippen LogP contribution in [-0.2, 0) is 17.6 Å². The number of methoxy groups -OCH3 is 1. The van der Waals surface area contributed by atoms with E-state index in [2.05, 4.69) is 30.7 Å². The Hall–Kier alpha value is -2.94. The summed E-state index contributed by atoms with van der Waals surface area (Å²) in [4.78, 5) is 29.2. The van der Waals surface area contributed by atoms with Crippen molar-refractivity contribution in [1.29, 1.82) is 0 Å². The van der Waals surface area contributed by atoms with Gasteiger partial charge in [-0.2, -0.15) is 8.78 Å². The van der Waals surface area contributed by atoms with Crippen molar-refractivity contribution >= 4 is 11.7 Å². The van der Waals surface area contributed by atoms with Crippen LogP contribution in [0.2, 0.25) is 0 Å². The monoisotopic (exact) mass is 490 g/mol. The van der Waals surface area contributed by atoms with E-state index in [1.807, 2.05) is 0 Å². The standard InChI is InChI=1S/C26H32F2N2O5/c1-26(2,3)19-12-15-14-7-5-8-30(9-6-10-34-4)22(14)20(35-25(27)28)13-16(15)21-17(19)11-18(24(32)33)23(31)29-21/h11,13,19,25H,5-10,12H2,1-4H3,(H,29,31)(H,32,33)/t19-/m1/s1. The number of aromatic carboxylic acids is 1. The average Bonchev–Trinajstić information content (AvgIpc) is 2.77. The molecule has 1 aromatic carbocycles. The number of alkyl halides is 2. The highest BCUT2D eigenvalue weighted by Gasteiger charge is 2.38. The summed E-state index contributed by atoms with van der Waals surface area (Å²) in [5.74, 6) is -1.30. The Kier molecular flexibility index (Phi) is 6.90. The van der Waals surface area contributed by atoms with E-state index in [4.69, 9.17) is 9.47 Å². The van der Waals surface area contributed by atoms with Gasteiger partial charge >= 0.3 is 12.6 Å². The van der Waals surface area contributed by atoms with Crippen LogP contribution in [0.1, 0.15) is 66.6 Å². The molecule has 0 fully saturated rings. The van der Waals surface area contributed by atoms with Gasteiger partial charge in [-0.15, -0.1) is 0 Å². The Balaban J connectivity index is 1.97. The van der Waals surface area contributed by atoms with E-state index >= 15 is 0 Å². The zero-order valence-corrected chi connectivity index (χ0v) is 20.5. The van der Waals surface area contributed by atoms with Crippen LogP contribution in [0.3, 0.4) is 0 Å². The second-order valence-electron chi connectivity index (χ2n) is 10.3. The van der Waals surface area contributed by atoms with Gasteiger partial charge in [0.05, 0.1) is 11.4 Å². The largest absolute Gasteiger partial charge is 0.477 e. The van der Waals surface area contributed by atoms with Crippen LogP contribution in [-0.4, -0.2) is 49.5 Å². The normalized spacial score (nSPS) is 17.1. The highest BCUT2D eigenvalue weighted by Crippen LogP contribution is 2.52. The lowest BCUT2D eigenvalue weighted by Crippen LogP contribution is -2.34. The molecule has 9 heteroatoms. The van der Waals surface area contributed by atoms with Crippen LogP contribution in [0.5, 0.6) is 5.75 Å². The summed E-state index contributed by atoms with van der Waals surface area (Å²) in [6.07, 6.45) is 2.94. The molecule has 0 spiro atoms. The second-order valence-corrected chi connectivity index (χ2v) is 10.3. The first-order chi connectivity index (χ1) is 16.5. The smallest absolute Gasteiger partial charge is 0.387 e. The molecule has 4 rings (SSSR count). The van der Waals surface area contributed by atoms with Crippen LogP contribution < -0.4 is 15.2 Å². The lowest BCUT2D eigenvalue weighted by atomic mass is 9.67. The van der Waals surface area contributed by atoms with Crippen molar-refractivity contribution in [2.45, 2.75) is 59.0 Å². The SMILES string of the molecule is COCCCN1CCCc2c3c(cc(OC(F)F)c21)-c1[nH]c(=O)c(C(=O)O)cc1[C@H](C(C)(C)C)C3. The topological polar surface area (TPSA) is 91.9 Å². The minimum absolute atomic E-state index is 0.0743. The van der Waals surface area contributed by atoms with Crippen LogP contribution in [0.15, 0.2) is 16.9 Å². The number of nitrogens with zero attached hydrogens (tertiary/aromatic N) is 1. The first kappa shape index (κ1) is 25.2. The van der Waals surface area contributed by atoms with Crippen molar-refractivity contribution < 1.29 is 28.2 Å². The van der Waals surface area contributed by atoms with Crippen LogP contribution in [0.25, 0.3) is 11.3 Å². The third-order valence-corrected chi connectivity index (χ3v) is 7.05. The predicted molar refractivity (Wildman–Crippen MR) is 129 cm³/mol. The van der Waals surface area contributed by atoms with Gasteiger partial charge in [0.25, 0.3) is 5.56 Å². The van der Waals surface area contributed by atoms with Crippen molar-refractivity contribution in [3.63, 3.8) is 0 Å². The fourth-order valence-corrected chi connectivity index (χ4v) is 5.47. The van der Waals surface area contributed by atoms with Crippen molar-refractivity contribution in [3.05, 3.63) is 44.7 Å². The van der Waals surface area contributed by atoms with Crippen LogP contribution >= 0.6 is 0 Å². The third kappa shape index (κ3) is 4.78. The zero-order chi connectivity index (χ0) is 25.5. The molecule has 0 unspecified atom stereocenters. The fourth-order valence-electron chi connectivity index (χ4n) is 5.47. The molecule has 1 aliphatic carbocycles. The molecule has 190 valence electrons. The number of aromatic nitrogens is 1. The number of fused-ring (bicyclic) bond motifs is 5. The number of benzene rings is 1. The number of carbonyl (C=O) groups is 1. The Morgan fingerprint density at radius 2 is 2.03 bits per heavy atom. The molecule has 2 N–H and O–H groups in total. The minimum Gasteiger partial charge on any atom is -0.477 e. The summed E-state index contributed by atoms with van der Waals surface area (Å²) >= 11 is 0. The summed E-state index contributed by atoms with van der Waals surface area (Å²) in [5.41, 5.74) is 3.19. The highest BCUT2D eigenvalue weighted by molar-refractivity contribution is 5.89. The van der Waals surface area contributed by atoms with E-state index in [1.54, 1.807) is 13.2 Å². The number of anilines is 1. The predicted octanol–water partition coefficient (Wildman–Crippen LogP) is 4.82. The Labute approximate surface area is 203 Å². The second kappa shape index (κ2) is 9.60. The maximum atomic E-state index is 13.5. The molecule has 1 atom stereocenters. The maximum Gasteiger partial charge on any atom is 0.387 e. The van der Waals surface area contributed by atoms with Crippen LogP contribution in [0.4, 0.5) is 14.5 Å². The summed E-state index contributed by atoms with van der Waals surface area (Å²) in [6, 6.07) is 3.03. The first-order valence-electron chi connectivity index (χ1n) is 11.9. The number of halogens is 2. The molecule has 0 saturated heterocycles. The van der Waals surface area contributed by atoms with Gasteiger partial charge < -0.3 is 24.5 Å². The number of pyridine rings is 1. The van der Waals surface area contributed by atoms with Crippen LogP contribution in [0, 0.1) is 5.41 Å². The van der Waals surface area contributed by atoms with Gasteiger partial charge in [0.15, 0.2) is 0 Å². The molecule has 0 saturated carbocycles. The molecule has 35 heavy (non-hydrogen) atoms. The molecule has 2 aliphatic rings. The van der Waals surface area contributed by atoms with E-state index in [1.165, 1.54) is 6.07 Å². The van der Waals surface area contributed by atoms with E-state index in [9.17, 15) is 23.5 Å². The van der Waals surface area contributed by atoms with Crippen molar-refractivity contribution in [2.24, 2.45) is 5.41 Å². The van der Waals surface area contributed by atoms with E-state index in [0.29, 0.717) is 48.5 Å². The molecule has 1 aliphatic heterocycles. The van der Waals surface area contributed by atoms with E-state index in [0.717, 1.165) is 30.5 Å². The zero-order valence-electron chi connectivity index (χ0n) is 20.5. The van der Waals surface area contributed by atoms with E-state index in [-0.39, 0.29) is 22.6 Å². The molecule has 0 amide bonds. The highest BCUT2D eigenvalue weighted by atomic mass is 19.3. The molecule has 0 bridgehead atoms. The molecule has 7 nitrogen and oxygen atoms in total. The number of carboxylic acids is 1. The number of rotatable bonds is 7. The minimum atomic E-state index is -3.00. The van der Waals surface area contributed by atoms with Gasteiger partial charge in [-0.05, 0) is 65.8 Å². The van der Waals surface area contributed by atoms with Gasteiger partial charge in [0.1, 0.15) is 11.3 Å². The van der Waals surface area contributed by atoms with Gasteiger partial charge in [-0.1, -0.05) is 20.8 Å². The Bertz CT molecular complexity index is 1190. The maximum absolute atomic E-state index is 13.5. The van der Waals surface area contributed by atoms with Crippen molar-refractivity contribution in [3.8, 4) is 17.0 Å². The first-order valence-corrected chi connectivity index (χ1v) is 11.9. The number of carboxylic acid groups (broad SMARTS) is 1. The molecule has 1 aromatic heterocycles. The van der Waals surface area contributed by atoms with Crippen molar-refractivity contribution in [1.82, 2.24) is 4.98 Å². The Morgan fingerprint density at radius 3 is 2.66 bits per heavy atom. The summed E-state index contributed by atoms with van der Waals surface area (Å²) in [5, 5.41) is 9.53. The fraction of sp³-hybridized carbons (Fsp3) is 0.538. The number of nitrogens with one attached hydrogen (secondary N) is 1. The van der Waals surface area contributed by atoms with Crippen molar-refractivity contribution in [2.75, 3.05) is 31.7 Å². The number of aromatic amines is 1. The number of hydrogen-bond donors (Lipinski definition) is 2. The molecule has 0 radical (unpaired) electrons. The molecular weight excluding hydrogens is 458 g/mol. The number of H-pyrrole nitrogens is 1. The molecular formula is C26H32F2N2O5.